The molecule has 0 aliphatic rings. The van der Waals surface area contributed by atoms with Gasteiger partial charge in [0.15, 0.2) is 0 Å². The van der Waals surface area contributed by atoms with Crippen LogP contribution in [0.5, 0.6) is 0 Å². The Morgan fingerprint density at radius 2 is 2.33 bits per heavy atom. The number of methoxy groups -OCH3 is 1. The zero-order chi connectivity index (χ0) is 13.4. The number of pyridine rings is 1. The van der Waals surface area contributed by atoms with E-state index in [1.54, 1.807) is 7.11 Å². The minimum atomic E-state index is -0.482. The summed E-state index contributed by atoms with van der Waals surface area (Å²) in [7, 11) is 1.63. The fraction of sp³-hybridized carbons (Fsp3) is 0.538. The first-order chi connectivity index (χ1) is 8.63. The maximum Gasteiger partial charge on any atom is 0.237 e. The molecule has 0 spiro atoms. The molecule has 0 aliphatic heterocycles. The summed E-state index contributed by atoms with van der Waals surface area (Å²) in [4.78, 5) is 16.0. The number of nitrogens with zero attached hydrogens (tertiary/aromatic N) is 1. The highest BCUT2D eigenvalue weighted by molar-refractivity contribution is 5.81. The van der Waals surface area contributed by atoms with E-state index < -0.39 is 6.04 Å². The van der Waals surface area contributed by atoms with E-state index in [1.807, 2.05) is 25.1 Å². The van der Waals surface area contributed by atoms with Crippen LogP contribution in [-0.2, 0) is 16.1 Å². The molecular formula is C13H21N3O2. The second-order valence-electron chi connectivity index (χ2n) is 4.23. The Labute approximate surface area is 108 Å². The third kappa shape index (κ3) is 5.25. The van der Waals surface area contributed by atoms with Crippen molar-refractivity contribution in [2.24, 2.45) is 5.73 Å². The van der Waals surface area contributed by atoms with Crippen molar-refractivity contribution < 1.29 is 9.53 Å². The van der Waals surface area contributed by atoms with Crippen LogP contribution >= 0.6 is 0 Å². The lowest BCUT2D eigenvalue weighted by atomic mass is 10.1. The summed E-state index contributed by atoms with van der Waals surface area (Å²) in [6.07, 6.45) is 1.41. The highest BCUT2D eigenvalue weighted by Gasteiger charge is 2.12. The number of aryl methyl sites for hydroxylation is 1. The van der Waals surface area contributed by atoms with E-state index in [2.05, 4.69) is 10.3 Å². The summed E-state index contributed by atoms with van der Waals surface area (Å²) in [6, 6.07) is 5.23. The van der Waals surface area contributed by atoms with Crippen molar-refractivity contribution in [3.63, 3.8) is 0 Å². The average molecular weight is 251 g/mol. The van der Waals surface area contributed by atoms with Crippen LogP contribution in [-0.4, -0.2) is 30.6 Å². The van der Waals surface area contributed by atoms with Gasteiger partial charge in [0, 0.05) is 19.4 Å². The standard InChI is InChI=1S/C13H21N3O2/c1-10-5-3-6-11(16-10)9-15-13(17)12(14)7-4-8-18-2/h3,5-6,12H,4,7-9,14H2,1-2H3,(H,15,17). The molecule has 1 heterocycles. The van der Waals surface area contributed by atoms with Crippen LogP contribution in [0.3, 0.4) is 0 Å². The summed E-state index contributed by atoms with van der Waals surface area (Å²) in [5.74, 6) is -0.144. The molecule has 0 aromatic carbocycles. The number of carbonyl (C=O) groups excluding carboxylic acids is 1. The van der Waals surface area contributed by atoms with E-state index in [9.17, 15) is 4.79 Å². The lowest BCUT2D eigenvalue weighted by Gasteiger charge is -2.11. The van der Waals surface area contributed by atoms with Crippen LogP contribution in [0.2, 0.25) is 0 Å². The van der Waals surface area contributed by atoms with Crippen molar-refractivity contribution in [1.82, 2.24) is 10.3 Å². The van der Waals surface area contributed by atoms with Crippen molar-refractivity contribution in [3.05, 3.63) is 29.6 Å². The Morgan fingerprint density at radius 1 is 1.56 bits per heavy atom. The number of aromatic nitrogens is 1. The Balaban J connectivity index is 2.32. The molecule has 0 saturated heterocycles. The number of ether oxygens (including phenoxy) is 1. The lowest BCUT2D eigenvalue weighted by Crippen LogP contribution is -2.40. The zero-order valence-corrected chi connectivity index (χ0v) is 11.0. The van der Waals surface area contributed by atoms with Crippen LogP contribution in [0.15, 0.2) is 18.2 Å². The number of amides is 1. The third-order valence-corrected chi connectivity index (χ3v) is 2.59. The quantitative estimate of drug-likeness (QED) is 0.701. The van der Waals surface area contributed by atoms with Gasteiger partial charge in [-0.05, 0) is 31.9 Å². The van der Waals surface area contributed by atoms with E-state index in [0.29, 0.717) is 19.6 Å². The zero-order valence-electron chi connectivity index (χ0n) is 11.0. The smallest absolute Gasteiger partial charge is 0.237 e. The van der Waals surface area contributed by atoms with Crippen molar-refractivity contribution in [1.29, 1.82) is 0 Å². The number of hydrogen-bond donors (Lipinski definition) is 2. The van der Waals surface area contributed by atoms with Crippen LogP contribution in [0.1, 0.15) is 24.2 Å². The molecule has 1 rings (SSSR count). The summed E-state index contributed by atoms with van der Waals surface area (Å²) in [6.45, 7) is 2.96. The molecule has 3 N–H and O–H groups in total. The molecule has 5 nitrogen and oxygen atoms in total. The third-order valence-electron chi connectivity index (χ3n) is 2.59. The highest BCUT2D eigenvalue weighted by Crippen LogP contribution is 1.99. The van der Waals surface area contributed by atoms with Gasteiger partial charge in [0.2, 0.25) is 5.91 Å². The van der Waals surface area contributed by atoms with Gasteiger partial charge in [-0.3, -0.25) is 9.78 Å². The van der Waals surface area contributed by atoms with Crippen molar-refractivity contribution in [2.75, 3.05) is 13.7 Å². The van der Waals surface area contributed by atoms with Crippen LogP contribution in [0, 0.1) is 6.92 Å². The van der Waals surface area contributed by atoms with Gasteiger partial charge in [0.05, 0.1) is 18.3 Å². The van der Waals surface area contributed by atoms with Crippen molar-refractivity contribution >= 4 is 5.91 Å². The fourth-order valence-electron chi connectivity index (χ4n) is 1.59. The maximum absolute atomic E-state index is 11.7. The number of carbonyl (C=O) groups is 1. The summed E-state index contributed by atoms with van der Waals surface area (Å²) >= 11 is 0. The highest BCUT2D eigenvalue weighted by atomic mass is 16.5. The minimum Gasteiger partial charge on any atom is -0.385 e. The molecular weight excluding hydrogens is 230 g/mol. The second kappa shape index (κ2) is 7.79. The van der Waals surface area contributed by atoms with E-state index in [4.69, 9.17) is 10.5 Å². The SMILES string of the molecule is COCCCC(N)C(=O)NCc1cccc(C)n1. The molecule has 1 aromatic heterocycles. The van der Waals surface area contributed by atoms with Crippen molar-refractivity contribution in [2.45, 2.75) is 32.4 Å². The molecule has 0 fully saturated rings. The molecule has 1 unspecified atom stereocenters. The van der Waals surface area contributed by atoms with E-state index >= 15 is 0 Å². The fourth-order valence-corrected chi connectivity index (χ4v) is 1.59. The molecule has 1 aromatic rings. The molecule has 5 heteroatoms. The molecule has 0 aliphatic carbocycles. The molecule has 100 valence electrons. The normalized spacial score (nSPS) is 12.2. The summed E-state index contributed by atoms with van der Waals surface area (Å²) in [5.41, 5.74) is 7.54. The number of nitrogens with one attached hydrogen (secondary N) is 1. The second-order valence-corrected chi connectivity index (χ2v) is 4.23. The summed E-state index contributed by atoms with van der Waals surface area (Å²) < 4.78 is 4.92. The topological polar surface area (TPSA) is 77.2 Å². The van der Waals surface area contributed by atoms with E-state index in [1.165, 1.54) is 0 Å². The molecule has 18 heavy (non-hydrogen) atoms. The van der Waals surface area contributed by atoms with Gasteiger partial charge in [-0.25, -0.2) is 0 Å². The first-order valence-corrected chi connectivity index (χ1v) is 6.08. The Hall–Kier alpha value is -1.46. The van der Waals surface area contributed by atoms with Gasteiger partial charge >= 0.3 is 0 Å². The molecule has 1 atom stereocenters. The van der Waals surface area contributed by atoms with Gasteiger partial charge in [0.1, 0.15) is 0 Å². The van der Waals surface area contributed by atoms with Gasteiger partial charge in [-0.15, -0.1) is 0 Å². The van der Waals surface area contributed by atoms with Gasteiger partial charge < -0.3 is 15.8 Å². The van der Waals surface area contributed by atoms with Crippen LogP contribution in [0.4, 0.5) is 0 Å². The van der Waals surface area contributed by atoms with Gasteiger partial charge in [-0.2, -0.15) is 0 Å². The number of hydrogen-bond acceptors (Lipinski definition) is 4. The monoisotopic (exact) mass is 251 g/mol. The average Bonchev–Trinajstić information content (AvgIpc) is 2.36. The Bertz CT molecular complexity index is 382. The Kier molecular flexibility index (Phi) is 6.32. The van der Waals surface area contributed by atoms with Crippen LogP contribution < -0.4 is 11.1 Å². The maximum atomic E-state index is 11.7. The van der Waals surface area contributed by atoms with E-state index in [0.717, 1.165) is 17.8 Å². The first-order valence-electron chi connectivity index (χ1n) is 6.08. The first kappa shape index (κ1) is 14.6. The minimum absolute atomic E-state index is 0.144. The number of nitrogens with two attached hydrogens (primary N) is 1. The largest absolute Gasteiger partial charge is 0.385 e. The van der Waals surface area contributed by atoms with E-state index in [-0.39, 0.29) is 5.91 Å². The van der Waals surface area contributed by atoms with Crippen molar-refractivity contribution in [3.8, 4) is 0 Å². The lowest BCUT2D eigenvalue weighted by molar-refractivity contribution is -0.122. The Morgan fingerprint density at radius 3 is 3.00 bits per heavy atom. The molecule has 0 saturated carbocycles. The van der Waals surface area contributed by atoms with Crippen LogP contribution in [0.25, 0.3) is 0 Å². The molecule has 0 bridgehead atoms. The van der Waals surface area contributed by atoms with Gasteiger partial charge in [-0.1, -0.05) is 6.07 Å². The predicted molar refractivity (Wildman–Crippen MR) is 69.9 cm³/mol. The summed E-state index contributed by atoms with van der Waals surface area (Å²) in [5, 5.41) is 2.79. The predicted octanol–water partition coefficient (Wildman–Crippen LogP) is 0.760. The number of rotatable bonds is 7. The van der Waals surface area contributed by atoms with Gasteiger partial charge in [0.25, 0.3) is 0 Å². The molecule has 0 radical (unpaired) electrons. The molecule has 1 amide bonds.